The van der Waals surface area contributed by atoms with Crippen LogP contribution in [0.5, 0.6) is 0 Å². The van der Waals surface area contributed by atoms with Crippen molar-refractivity contribution in [3.05, 3.63) is 11.3 Å². The molecule has 62 valence electrons. The van der Waals surface area contributed by atoms with Crippen LogP contribution in [0.3, 0.4) is 0 Å². The predicted octanol–water partition coefficient (Wildman–Crippen LogP) is 0.185. The molecule has 0 saturated heterocycles. The van der Waals surface area contributed by atoms with Crippen molar-refractivity contribution in [1.29, 1.82) is 0 Å². The first-order chi connectivity index (χ1) is 5.09. The van der Waals surface area contributed by atoms with Crippen LogP contribution in [0.15, 0.2) is 11.3 Å². The lowest BCUT2D eigenvalue weighted by atomic mass is 10.1. The first-order valence-corrected chi connectivity index (χ1v) is 3.48. The fourth-order valence-electron chi connectivity index (χ4n) is 1.18. The maximum Gasteiger partial charge on any atom is 0.307 e. The van der Waals surface area contributed by atoms with Crippen LogP contribution in [0, 0.1) is 0 Å². The van der Waals surface area contributed by atoms with Gasteiger partial charge in [0.15, 0.2) is 0 Å². The number of likely N-dealkylation sites (N-methyl/N-ethyl adjacent to an activating group) is 1. The smallest absolute Gasteiger partial charge is 0.307 e. The molecule has 0 aromatic heterocycles. The molecule has 0 saturated carbocycles. The standard InChI is InChI=1S/C7H12N2O2/c1-5-6(3-7(10)11)4-9(2)8-5/h8H,3-4H2,1-2H3,(H,10,11). The van der Waals surface area contributed by atoms with Crippen molar-refractivity contribution < 1.29 is 9.90 Å². The number of allylic oxidation sites excluding steroid dienone is 1. The number of hydrazine groups is 1. The minimum Gasteiger partial charge on any atom is -0.481 e. The van der Waals surface area contributed by atoms with Crippen LogP contribution in [0.25, 0.3) is 0 Å². The molecule has 0 aromatic carbocycles. The Labute approximate surface area is 65.5 Å². The lowest BCUT2D eigenvalue weighted by molar-refractivity contribution is -0.136. The minimum absolute atomic E-state index is 0.142. The molecule has 0 spiro atoms. The van der Waals surface area contributed by atoms with Gasteiger partial charge in [-0.1, -0.05) is 0 Å². The number of nitrogens with one attached hydrogen (secondary N) is 1. The Morgan fingerprint density at radius 3 is 2.82 bits per heavy atom. The van der Waals surface area contributed by atoms with Crippen molar-refractivity contribution in [3.63, 3.8) is 0 Å². The number of nitrogens with zero attached hydrogens (tertiary/aromatic N) is 1. The lowest BCUT2D eigenvalue weighted by Gasteiger charge is -2.07. The fraction of sp³-hybridized carbons (Fsp3) is 0.571. The first-order valence-electron chi connectivity index (χ1n) is 3.48. The average molecular weight is 156 g/mol. The van der Waals surface area contributed by atoms with E-state index in [-0.39, 0.29) is 6.42 Å². The van der Waals surface area contributed by atoms with Crippen molar-refractivity contribution in [2.24, 2.45) is 0 Å². The van der Waals surface area contributed by atoms with Gasteiger partial charge in [-0.15, -0.1) is 0 Å². The van der Waals surface area contributed by atoms with E-state index in [9.17, 15) is 4.79 Å². The lowest BCUT2D eigenvalue weighted by Crippen LogP contribution is -2.26. The third kappa shape index (κ3) is 1.94. The molecule has 0 bridgehead atoms. The first kappa shape index (κ1) is 8.07. The van der Waals surface area contributed by atoms with Crippen LogP contribution in [0.2, 0.25) is 0 Å². The molecule has 0 atom stereocenters. The normalized spacial score (nSPS) is 18.7. The summed E-state index contributed by atoms with van der Waals surface area (Å²) in [6.07, 6.45) is 0.142. The van der Waals surface area contributed by atoms with E-state index >= 15 is 0 Å². The number of aliphatic carboxylic acids is 1. The summed E-state index contributed by atoms with van der Waals surface area (Å²) in [6, 6.07) is 0. The van der Waals surface area contributed by atoms with Gasteiger partial charge in [-0.3, -0.25) is 4.79 Å². The van der Waals surface area contributed by atoms with Crippen molar-refractivity contribution in [2.45, 2.75) is 13.3 Å². The Bertz CT molecular complexity index is 210. The minimum atomic E-state index is -0.767. The maximum absolute atomic E-state index is 10.3. The molecule has 0 radical (unpaired) electrons. The molecular formula is C7H12N2O2. The highest BCUT2D eigenvalue weighted by molar-refractivity contribution is 5.70. The van der Waals surface area contributed by atoms with Gasteiger partial charge in [0.2, 0.25) is 0 Å². The number of rotatable bonds is 2. The molecule has 4 heteroatoms. The average Bonchev–Trinajstić information content (AvgIpc) is 2.09. The molecule has 0 fully saturated rings. The summed E-state index contributed by atoms with van der Waals surface area (Å²) in [5, 5.41) is 10.4. The predicted molar refractivity (Wildman–Crippen MR) is 40.7 cm³/mol. The zero-order valence-electron chi connectivity index (χ0n) is 6.72. The molecule has 1 aliphatic rings. The van der Waals surface area contributed by atoms with Gasteiger partial charge in [0.25, 0.3) is 0 Å². The van der Waals surface area contributed by atoms with Crippen LogP contribution in [0.4, 0.5) is 0 Å². The topological polar surface area (TPSA) is 52.6 Å². The Kier molecular flexibility index (Phi) is 2.14. The molecule has 11 heavy (non-hydrogen) atoms. The van der Waals surface area contributed by atoms with Crippen LogP contribution < -0.4 is 5.43 Å². The van der Waals surface area contributed by atoms with Gasteiger partial charge in [0.05, 0.1) is 6.42 Å². The number of hydrogen-bond acceptors (Lipinski definition) is 3. The van der Waals surface area contributed by atoms with E-state index in [2.05, 4.69) is 5.43 Å². The number of carboxylic acid groups (broad SMARTS) is 1. The fourth-order valence-corrected chi connectivity index (χ4v) is 1.18. The molecule has 0 aromatic rings. The van der Waals surface area contributed by atoms with E-state index in [1.54, 1.807) is 0 Å². The van der Waals surface area contributed by atoms with Gasteiger partial charge in [-0.25, -0.2) is 5.01 Å². The summed E-state index contributed by atoms with van der Waals surface area (Å²) in [6.45, 7) is 2.60. The second-order valence-electron chi connectivity index (χ2n) is 2.77. The van der Waals surface area contributed by atoms with E-state index < -0.39 is 5.97 Å². The third-order valence-corrected chi connectivity index (χ3v) is 1.68. The second kappa shape index (κ2) is 2.92. The zero-order valence-corrected chi connectivity index (χ0v) is 6.72. The van der Waals surface area contributed by atoms with Crippen molar-refractivity contribution >= 4 is 5.97 Å². The number of hydrogen-bond donors (Lipinski definition) is 2. The zero-order chi connectivity index (χ0) is 8.43. The molecule has 0 unspecified atom stereocenters. The molecule has 1 aliphatic heterocycles. The second-order valence-corrected chi connectivity index (χ2v) is 2.77. The van der Waals surface area contributed by atoms with Gasteiger partial charge in [-0.05, 0) is 12.5 Å². The molecular weight excluding hydrogens is 144 g/mol. The summed E-state index contributed by atoms with van der Waals surface area (Å²) in [7, 11) is 1.89. The van der Waals surface area contributed by atoms with Gasteiger partial charge >= 0.3 is 5.97 Å². The molecule has 0 aliphatic carbocycles. The Balaban J connectivity index is 2.57. The highest BCUT2D eigenvalue weighted by Gasteiger charge is 2.16. The SMILES string of the molecule is CC1=C(CC(=O)O)CN(C)N1. The monoisotopic (exact) mass is 156 g/mol. The molecule has 1 heterocycles. The third-order valence-electron chi connectivity index (χ3n) is 1.68. The summed E-state index contributed by atoms with van der Waals surface area (Å²) >= 11 is 0. The van der Waals surface area contributed by atoms with Gasteiger partial charge in [0, 0.05) is 19.3 Å². The van der Waals surface area contributed by atoms with E-state index in [1.807, 2.05) is 19.0 Å². The van der Waals surface area contributed by atoms with E-state index in [0.29, 0.717) is 6.54 Å². The van der Waals surface area contributed by atoms with Crippen molar-refractivity contribution in [2.75, 3.05) is 13.6 Å². The summed E-state index contributed by atoms with van der Waals surface area (Å²) in [5.74, 6) is -0.767. The van der Waals surface area contributed by atoms with Crippen molar-refractivity contribution in [3.8, 4) is 0 Å². The van der Waals surface area contributed by atoms with E-state index in [1.165, 1.54) is 0 Å². The molecule has 2 N–H and O–H groups in total. The number of carbonyl (C=O) groups is 1. The summed E-state index contributed by atoms with van der Waals surface area (Å²) in [5.41, 5.74) is 4.95. The Hall–Kier alpha value is -1.03. The Morgan fingerprint density at radius 2 is 2.45 bits per heavy atom. The van der Waals surface area contributed by atoms with E-state index in [4.69, 9.17) is 5.11 Å². The highest BCUT2D eigenvalue weighted by Crippen LogP contribution is 2.13. The van der Waals surface area contributed by atoms with Crippen LogP contribution >= 0.6 is 0 Å². The van der Waals surface area contributed by atoms with Gasteiger partial charge < -0.3 is 10.5 Å². The Morgan fingerprint density at radius 1 is 1.82 bits per heavy atom. The molecule has 1 rings (SSSR count). The maximum atomic E-state index is 10.3. The van der Waals surface area contributed by atoms with Crippen LogP contribution in [0.1, 0.15) is 13.3 Å². The summed E-state index contributed by atoms with van der Waals surface area (Å²) in [4.78, 5) is 10.3. The number of carboxylic acids is 1. The van der Waals surface area contributed by atoms with E-state index in [0.717, 1.165) is 11.3 Å². The largest absolute Gasteiger partial charge is 0.481 e. The quantitative estimate of drug-likeness (QED) is 0.599. The summed E-state index contributed by atoms with van der Waals surface area (Å²) < 4.78 is 0. The molecule has 0 amide bonds. The van der Waals surface area contributed by atoms with Crippen LogP contribution in [-0.4, -0.2) is 29.7 Å². The van der Waals surface area contributed by atoms with Crippen molar-refractivity contribution in [1.82, 2.24) is 10.4 Å². The van der Waals surface area contributed by atoms with Gasteiger partial charge in [0.1, 0.15) is 0 Å². The highest BCUT2D eigenvalue weighted by atomic mass is 16.4. The van der Waals surface area contributed by atoms with Gasteiger partial charge in [-0.2, -0.15) is 0 Å². The van der Waals surface area contributed by atoms with Crippen LogP contribution in [-0.2, 0) is 4.79 Å². The molecule has 4 nitrogen and oxygen atoms in total.